The van der Waals surface area contributed by atoms with Crippen molar-refractivity contribution in [3.8, 4) is 0 Å². The summed E-state index contributed by atoms with van der Waals surface area (Å²) >= 11 is 11.1. The normalized spacial score (nSPS) is 12.5. The van der Waals surface area contributed by atoms with Crippen LogP contribution in [0.4, 0.5) is 0 Å². The molecule has 0 aromatic heterocycles. The van der Waals surface area contributed by atoms with E-state index in [1.165, 1.54) is 27.8 Å². The fourth-order valence-corrected chi connectivity index (χ4v) is 4.38. The van der Waals surface area contributed by atoms with Crippen molar-refractivity contribution in [2.75, 3.05) is 0 Å². The molecule has 0 radical (unpaired) electrons. The Morgan fingerprint density at radius 2 is 1.47 bits per heavy atom. The molecule has 0 nitrogen and oxygen atoms in total. The van der Waals surface area contributed by atoms with Crippen molar-refractivity contribution in [1.29, 1.82) is 0 Å². The van der Waals surface area contributed by atoms with E-state index in [9.17, 15) is 0 Å². The van der Waals surface area contributed by atoms with Gasteiger partial charge in [-0.2, -0.15) is 0 Å². The fourth-order valence-electron chi connectivity index (χ4n) is 2.13. The lowest BCUT2D eigenvalue weighted by Gasteiger charge is -2.17. The molecule has 0 bridgehead atoms. The molecule has 3 heteroatoms. The number of alkyl halides is 1. The standard InChI is InChI=1S/C16H15Br3/c1-9-4-5-12(10(2)6-9)16(19)13-8-14(17)11(3)7-15(13)18/h4-8,16H,1-3H3. The van der Waals surface area contributed by atoms with E-state index in [0.717, 1.165) is 8.95 Å². The average molecular weight is 447 g/mol. The second kappa shape index (κ2) is 6.11. The third-order valence-corrected chi connectivity index (χ3v) is 5.78. The molecule has 0 aliphatic carbocycles. The van der Waals surface area contributed by atoms with Gasteiger partial charge < -0.3 is 0 Å². The SMILES string of the molecule is Cc1ccc(C(Br)c2cc(Br)c(C)cc2Br)c(C)c1. The molecule has 0 saturated heterocycles. The molecule has 0 aliphatic rings. The van der Waals surface area contributed by atoms with E-state index in [-0.39, 0.29) is 4.83 Å². The lowest BCUT2D eigenvalue weighted by molar-refractivity contribution is 1.12. The Labute approximate surface area is 140 Å². The van der Waals surface area contributed by atoms with Crippen LogP contribution in [0.25, 0.3) is 0 Å². The van der Waals surface area contributed by atoms with E-state index < -0.39 is 0 Å². The molecule has 0 spiro atoms. The maximum Gasteiger partial charge on any atom is 0.0658 e. The van der Waals surface area contributed by atoms with Gasteiger partial charge in [0.1, 0.15) is 0 Å². The van der Waals surface area contributed by atoms with Gasteiger partial charge in [-0.05, 0) is 55.2 Å². The Kier molecular flexibility index (Phi) is 4.91. The summed E-state index contributed by atoms with van der Waals surface area (Å²) in [6.07, 6.45) is 0. The van der Waals surface area contributed by atoms with Crippen molar-refractivity contribution in [1.82, 2.24) is 0 Å². The molecule has 1 atom stereocenters. The van der Waals surface area contributed by atoms with Crippen LogP contribution in [0.2, 0.25) is 0 Å². The molecule has 1 unspecified atom stereocenters. The van der Waals surface area contributed by atoms with Crippen molar-refractivity contribution in [2.45, 2.75) is 25.6 Å². The van der Waals surface area contributed by atoms with Gasteiger partial charge in [-0.3, -0.25) is 0 Å². The molecule has 0 fully saturated rings. The molecule has 0 N–H and O–H groups in total. The highest BCUT2D eigenvalue weighted by Crippen LogP contribution is 2.39. The summed E-state index contributed by atoms with van der Waals surface area (Å²) in [7, 11) is 0. The Bertz CT molecular complexity index is 618. The van der Waals surface area contributed by atoms with Crippen LogP contribution in [0.5, 0.6) is 0 Å². The predicted molar refractivity (Wildman–Crippen MR) is 93.3 cm³/mol. The quantitative estimate of drug-likeness (QED) is 0.454. The zero-order valence-corrected chi connectivity index (χ0v) is 15.9. The summed E-state index contributed by atoms with van der Waals surface area (Å²) in [5.41, 5.74) is 6.39. The number of hydrogen-bond donors (Lipinski definition) is 0. The van der Waals surface area contributed by atoms with Crippen LogP contribution < -0.4 is 0 Å². The van der Waals surface area contributed by atoms with Gasteiger partial charge in [-0.1, -0.05) is 71.6 Å². The Morgan fingerprint density at radius 1 is 0.789 bits per heavy atom. The third-order valence-electron chi connectivity index (χ3n) is 3.25. The number of rotatable bonds is 2. The van der Waals surface area contributed by atoms with Crippen LogP contribution in [0.3, 0.4) is 0 Å². The summed E-state index contributed by atoms with van der Waals surface area (Å²) in [4.78, 5) is 0.194. The van der Waals surface area contributed by atoms with Crippen molar-refractivity contribution in [3.63, 3.8) is 0 Å². The highest BCUT2D eigenvalue weighted by atomic mass is 79.9. The Morgan fingerprint density at radius 3 is 2.11 bits per heavy atom. The van der Waals surface area contributed by atoms with Crippen LogP contribution in [-0.2, 0) is 0 Å². The van der Waals surface area contributed by atoms with Gasteiger partial charge in [-0.25, -0.2) is 0 Å². The molecule has 2 aromatic carbocycles. The Hall–Kier alpha value is -0.120. The molecule has 0 amide bonds. The minimum Gasteiger partial charge on any atom is -0.0786 e. The van der Waals surface area contributed by atoms with Gasteiger partial charge in [-0.15, -0.1) is 0 Å². The minimum atomic E-state index is 0.194. The summed E-state index contributed by atoms with van der Waals surface area (Å²) in [6.45, 7) is 6.38. The van der Waals surface area contributed by atoms with Crippen molar-refractivity contribution in [3.05, 3.63) is 67.1 Å². The molecular weight excluding hydrogens is 432 g/mol. The third kappa shape index (κ3) is 3.32. The van der Waals surface area contributed by atoms with E-state index >= 15 is 0 Å². The molecule has 2 aromatic rings. The van der Waals surface area contributed by atoms with E-state index in [4.69, 9.17) is 0 Å². The monoisotopic (exact) mass is 444 g/mol. The summed E-state index contributed by atoms with van der Waals surface area (Å²) in [6, 6.07) is 10.9. The highest BCUT2D eigenvalue weighted by Gasteiger charge is 2.16. The molecule has 19 heavy (non-hydrogen) atoms. The predicted octanol–water partition coefficient (Wildman–Crippen LogP) is 6.62. The number of aryl methyl sites for hydroxylation is 3. The van der Waals surface area contributed by atoms with Gasteiger partial charge >= 0.3 is 0 Å². The van der Waals surface area contributed by atoms with Gasteiger partial charge in [0.2, 0.25) is 0 Å². The number of hydrogen-bond acceptors (Lipinski definition) is 0. The maximum absolute atomic E-state index is 3.83. The van der Waals surface area contributed by atoms with Crippen LogP contribution in [0.15, 0.2) is 39.3 Å². The van der Waals surface area contributed by atoms with E-state index in [0.29, 0.717) is 0 Å². The molecule has 0 heterocycles. The first kappa shape index (κ1) is 15.3. The zero-order chi connectivity index (χ0) is 14.2. The van der Waals surface area contributed by atoms with Crippen molar-refractivity contribution < 1.29 is 0 Å². The topological polar surface area (TPSA) is 0 Å². The fraction of sp³-hybridized carbons (Fsp3) is 0.250. The largest absolute Gasteiger partial charge is 0.0786 e. The Balaban J connectivity index is 2.49. The number of halogens is 3. The van der Waals surface area contributed by atoms with Crippen LogP contribution in [-0.4, -0.2) is 0 Å². The second-order valence-corrected chi connectivity index (χ2v) is 7.47. The zero-order valence-electron chi connectivity index (χ0n) is 11.1. The summed E-state index contributed by atoms with van der Waals surface area (Å²) in [5, 5.41) is 0. The number of benzene rings is 2. The summed E-state index contributed by atoms with van der Waals surface area (Å²) < 4.78 is 2.27. The molecule has 0 saturated carbocycles. The van der Waals surface area contributed by atoms with Gasteiger partial charge in [0.05, 0.1) is 4.83 Å². The minimum absolute atomic E-state index is 0.194. The highest BCUT2D eigenvalue weighted by molar-refractivity contribution is 9.11. The second-order valence-electron chi connectivity index (χ2n) is 4.85. The average Bonchev–Trinajstić information content (AvgIpc) is 2.33. The van der Waals surface area contributed by atoms with Crippen LogP contribution in [0, 0.1) is 20.8 Å². The first-order valence-electron chi connectivity index (χ1n) is 6.07. The smallest absolute Gasteiger partial charge is 0.0658 e. The van der Waals surface area contributed by atoms with Gasteiger partial charge in [0.15, 0.2) is 0 Å². The lowest BCUT2D eigenvalue weighted by atomic mass is 9.98. The van der Waals surface area contributed by atoms with Crippen molar-refractivity contribution in [2.24, 2.45) is 0 Å². The molecule has 0 aliphatic heterocycles. The molecule has 100 valence electrons. The van der Waals surface area contributed by atoms with Crippen LogP contribution in [0.1, 0.15) is 32.6 Å². The van der Waals surface area contributed by atoms with Gasteiger partial charge in [0, 0.05) is 8.95 Å². The summed E-state index contributed by atoms with van der Waals surface area (Å²) in [5.74, 6) is 0. The lowest BCUT2D eigenvalue weighted by Crippen LogP contribution is -1.98. The first-order chi connectivity index (χ1) is 8.90. The molecule has 2 rings (SSSR count). The van der Waals surface area contributed by atoms with Gasteiger partial charge in [0.25, 0.3) is 0 Å². The van der Waals surface area contributed by atoms with Crippen molar-refractivity contribution >= 4 is 47.8 Å². The maximum atomic E-state index is 3.83. The van der Waals surface area contributed by atoms with E-state index in [1.807, 2.05) is 0 Å². The van der Waals surface area contributed by atoms with Crippen LogP contribution >= 0.6 is 47.8 Å². The van der Waals surface area contributed by atoms with E-state index in [1.54, 1.807) is 0 Å². The molecular formula is C16H15Br3. The first-order valence-corrected chi connectivity index (χ1v) is 8.57. The van der Waals surface area contributed by atoms with E-state index in [2.05, 4.69) is 98.9 Å².